The van der Waals surface area contributed by atoms with Crippen LogP contribution >= 0.6 is 0 Å². The van der Waals surface area contributed by atoms with Gasteiger partial charge in [-0.25, -0.2) is 4.57 Å². The van der Waals surface area contributed by atoms with Gasteiger partial charge in [0.2, 0.25) is 0 Å². The molecule has 0 saturated heterocycles. The van der Waals surface area contributed by atoms with Crippen LogP contribution in [-0.4, -0.2) is 9.38 Å². The largest absolute Gasteiger partial charge is 0.297 e. The molecular formula is C26H28N3+. The number of rotatable bonds is 2. The Balaban J connectivity index is 2.14. The third-order valence-corrected chi connectivity index (χ3v) is 6.25. The topological polar surface area (TPSA) is 21.2 Å². The Bertz CT molecular complexity index is 1420. The van der Waals surface area contributed by atoms with E-state index in [1.54, 1.807) is 0 Å². The summed E-state index contributed by atoms with van der Waals surface area (Å²) in [7, 11) is 2.17. The van der Waals surface area contributed by atoms with E-state index < -0.39 is 0 Å². The molecule has 0 fully saturated rings. The number of nitrogens with zero attached hydrogens (tertiary/aromatic N) is 3. The third-order valence-electron chi connectivity index (χ3n) is 6.25. The number of para-hydroxylation sites is 2. The number of imidazole rings is 1. The first kappa shape index (κ1) is 18.1. The van der Waals surface area contributed by atoms with Gasteiger partial charge in [0.15, 0.2) is 11.0 Å². The maximum absolute atomic E-state index is 5.20. The van der Waals surface area contributed by atoms with Crippen molar-refractivity contribution in [3.05, 3.63) is 65.4 Å². The normalized spacial score (nSPS) is 12.4. The van der Waals surface area contributed by atoms with E-state index in [1.807, 2.05) is 0 Å². The number of aromatic nitrogens is 3. The Hall–Kier alpha value is -2.94. The minimum Gasteiger partial charge on any atom is -0.251 e. The molecule has 3 aromatic heterocycles. The molecule has 0 aliphatic rings. The SMILES string of the molecule is Cc1cc(C(C)C)nc2c3cc(C(C)C)ccc3n3c4ccccc4[n+](C)c3c12. The first-order chi connectivity index (χ1) is 13.9. The second kappa shape index (κ2) is 6.28. The van der Waals surface area contributed by atoms with Crippen LogP contribution in [0.25, 0.3) is 38.5 Å². The number of hydrogen-bond acceptors (Lipinski definition) is 1. The lowest BCUT2D eigenvalue weighted by molar-refractivity contribution is -0.617. The number of aryl methyl sites for hydroxylation is 2. The van der Waals surface area contributed by atoms with Gasteiger partial charge in [0.25, 0.3) is 5.65 Å². The third kappa shape index (κ3) is 2.50. The van der Waals surface area contributed by atoms with Gasteiger partial charge in [-0.1, -0.05) is 45.9 Å². The maximum atomic E-state index is 5.20. The van der Waals surface area contributed by atoms with Crippen LogP contribution in [0.15, 0.2) is 48.5 Å². The van der Waals surface area contributed by atoms with Crippen molar-refractivity contribution >= 4 is 38.5 Å². The molecule has 29 heavy (non-hydrogen) atoms. The average Bonchev–Trinajstić information content (AvgIpc) is 3.00. The molecule has 0 saturated carbocycles. The zero-order chi connectivity index (χ0) is 20.4. The summed E-state index contributed by atoms with van der Waals surface area (Å²) in [5.41, 5.74) is 9.84. The monoisotopic (exact) mass is 382 g/mol. The highest BCUT2D eigenvalue weighted by molar-refractivity contribution is 6.12. The highest BCUT2D eigenvalue weighted by atomic mass is 15.1. The summed E-state index contributed by atoms with van der Waals surface area (Å²) >= 11 is 0. The predicted octanol–water partition coefficient (Wildman–Crippen LogP) is 6.17. The van der Waals surface area contributed by atoms with Gasteiger partial charge >= 0.3 is 0 Å². The van der Waals surface area contributed by atoms with Crippen LogP contribution in [0.5, 0.6) is 0 Å². The zero-order valence-corrected chi connectivity index (χ0v) is 18.1. The fourth-order valence-electron chi connectivity index (χ4n) is 4.61. The van der Waals surface area contributed by atoms with Crippen molar-refractivity contribution in [2.45, 2.75) is 46.5 Å². The minimum atomic E-state index is 0.400. The van der Waals surface area contributed by atoms with Gasteiger partial charge in [0, 0.05) is 11.1 Å². The van der Waals surface area contributed by atoms with Gasteiger partial charge in [-0.05, 0) is 60.2 Å². The Morgan fingerprint density at radius 2 is 1.66 bits per heavy atom. The van der Waals surface area contributed by atoms with E-state index in [1.165, 1.54) is 44.1 Å². The van der Waals surface area contributed by atoms with E-state index in [-0.39, 0.29) is 0 Å². The molecule has 0 aliphatic heterocycles. The van der Waals surface area contributed by atoms with Gasteiger partial charge in [0.05, 0.1) is 18.0 Å². The summed E-state index contributed by atoms with van der Waals surface area (Å²) in [6, 6.07) is 17.8. The first-order valence-electron chi connectivity index (χ1n) is 10.5. The molecule has 3 heterocycles. The van der Waals surface area contributed by atoms with Crippen LogP contribution < -0.4 is 4.57 Å². The number of hydrogen-bond donors (Lipinski definition) is 0. The smallest absolute Gasteiger partial charge is 0.251 e. The van der Waals surface area contributed by atoms with E-state index in [0.717, 1.165) is 11.2 Å². The van der Waals surface area contributed by atoms with Crippen LogP contribution in [-0.2, 0) is 7.05 Å². The van der Waals surface area contributed by atoms with Crippen LogP contribution in [0, 0.1) is 6.92 Å². The summed E-state index contributed by atoms with van der Waals surface area (Å²) in [5, 5.41) is 2.49. The molecule has 0 bridgehead atoms. The van der Waals surface area contributed by atoms with Crippen LogP contribution in [0.2, 0.25) is 0 Å². The van der Waals surface area contributed by atoms with Crippen molar-refractivity contribution in [3.63, 3.8) is 0 Å². The van der Waals surface area contributed by atoms with Crippen LogP contribution in [0.1, 0.15) is 56.4 Å². The van der Waals surface area contributed by atoms with E-state index in [4.69, 9.17) is 4.98 Å². The van der Waals surface area contributed by atoms with Gasteiger partial charge in [0.1, 0.15) is 5.52 Å². The van der Waals surface area contributed by atoms with E-state index in [9.17, 15) is 0 Å². The van der Waals surface area contributed by atoms with Gasteiger partial charge < -0.3 is 0 Å². The van der Waals surface area contributed by atoms with Crippen molar-refractivity contribution in [2.24, 2.45) is 7.05 Å². The first-order valence-corrected chi connectivity index (χ1v) is 10.5. The fourth-order valence-corrected chi connectivity index (χ4v) is 4.61. The Morgan fingerprint density at radius 3 is 2.38 bits per heavy atom. The lowest BCUT2D eigenvalue weighted by atomic mass is 9.98. The second-order valence-electron chi connectivity index (χ2n) is 8.88. The molecule has 5 aromatic rings. The molecule has 0 unspecified atom stereocenters. The van der Waals surface area contributed by atoms with Gasteiger partial charge in [-0.3, -0.25) is 4.98 Å². The van der Waals surface area contributed by atoms with Crippen LogP contribution in [0.3, 0.4) is 0 Å². The highest BCUT2D eigenvalue weighted by Gasteiger charge is 2.25. The molecule has 0 atom stereocenters. The molecule has 0 spiro atoms. The lowest BCUT2D eigenvalue weighted by Gasteiger charge is -2.13. The maximum Gasteiger partial charge on any atom is 0.297 e. The summed E-state index contributed by atoms with van der Waals surface area (Å²) in [6.07, 6.45) is 0. The Labute approximate surface area is 171 Å². The van der Waals surface area contributed by atoms with Crippen molar-refractivity contribution in [2.75, 3.05) is 0 Å². The fraction of sp³-hybridized carbons (Fsp3) is 0.308. The molecule has 3 nitrogen and oxygen atoms in total. The molecule has 0 radical (unpaired) electrons. The molecule has 3 heteroatoms. The molecule has 0 amide bonds. The Morgan fingerprint density at radius 1 is 0.897 bits per heavy atom. The summed E-state index contributed by atoms with van der Waals surface area (Å²) in [5.74, 6) is 0.884. The van der Waals surface area contributed by atoms with Gasteiger partial charge in [-0.2, -0.15) is 4.40 Å². The summed E-state index contributed by atoms with van der Waals surface area (Å²) in [6.45, 7) is 11.2. The minimum absolute atomic E-state index is 0.400. The molecule has 0 N–H and O–H groups in total. The van der Waals surface area contributed by atoms with Crippen molar-refractivity contribution in [1.82, 2.24) is 9.38 Å². The molecule has 2 aromatic carbocycles. The molecule has 146 valence electrons. The lowest BCUT2D eigenvalue weighted by Crippen LogP contribution is -2.27. The zero-order valence-electron chi connectivity index (χ0n) is 18.1. The number of fused-ring (bicyclic) bond motifs is 8. The van der Waals surface area contributed by atoms with Gasteiger partial charge in [-0.15, -0.1) is 0 Å². The Kier molecular flexibility index (Phi) is 3.92. The second-order valence-corrected chi connectivity index (χ2v) is 8.88. The van der Waals surface area contributed by atoms with Crippen molar-refractivity contribution in [1.29, 1.82) is 0 Å². The number of benzene rings is 2. The standard InChI is InChI=1S/C26H28N3/c1-15(2)18-11-12-21-19(14-18)25-24(17(5)13-20(27-25)16(3)4)26-28(6)22-9-7-8-10-23(22)29(21)26/h7-16H,1-6H3/q+1. The van der Waals surface area contributed by atoms with Crippen molar-refractivity contribution < 1.29 is 4.57 Å². The van der Waals surface area contributed by atoms with E-state index >= 15 is 0 Å². The summed E-state index contributed by atoms with van der Waals surface area (Å²) in [4.78, 5) is 5.20. The predicted molar refractivity (Wildman–Crippen MR) is 122 cm³/mol. The van der Waals surface area contributed by atoms with Crippen molar-refractivity contribution in [3.8, 4) is 0 Å². The molecular weight excluding hydrogens is 354 g/mol. The molecule has 0 aliphatic carbocycles. The van der Waals surface area contributed by atoms with Crippen LogP contribution in [0.4, 0.5) is 0 Å². The number of pyridine rings is 2. The van der Waals surface area contributed by atoms with E-state index in [0.29, 0.717) is 11.8 Å². The van der Waals surface area contributed by atoms with E-state index in [2.05, 4.69) is 99.2 Å². The molecule has 5 rings (SSSR count). The summed E-state index contributed by atoms with van der Waals surface area (Å²) < 4.78 is 4.73. The quantitative estimate of drug-likeness (QED) is 0.264. The highest BCUT2D eigenvalue weighted by Crippen LogP contribution is 2.34. The average molecular weight is 383 g/mol.